The number of aryl methyl sites for hydroxylation is 1. The van der Waals surface area contributed by atoms with E-state index < -0.39 is 0 Å². The summed E-state index contributed by atoms with van der Waals surface area (Å²) >= 11 is 0. The topological polar surface area (TPSA) is 38.5 Å². The Morgan fingerprint density at radius 3 is 2.46 bits per heavy atom. The van der Waals surface area contributed by atoms with E-state index in [4.69, 9.17) is 10.5 Å². The SMILES string of the molecule is CC(C)COc1ccc(CCCN(C)Cc2ccccc2)cc1N. The first-order valence-electron chi connectivity index (χ1n) is 8.78. The van der Waals surface area contributed by atoms with E-state index in [1.54, 1.807) is 0 Å². The van der Waals surface area contributed by atoms with Gasteiger partial charge in [0.25, 0.3) is 0 Å². The number of hydrogen-bond acceptors (Lipinski definition) is 3. The van der Waals surface area contributed by atoms with E-state index in [2.05, 4.69) is 62.2 Å². The molecule has 3 nitrogen and oxygen atoms in total. The Balaban J connectivity index is 1.76. The zero-order valence-electron chi connectivity index (χ0n) is 15.2. The molecule has 0 aliphatic heterocycles. The minimum absolute atomic E-state index is 0.504. The van der Waals surface area contributed by atoms with Crippen molar-refractivity contribution >= 4 is 5.69 Å². The van der Waals surface area contributed by atoms with Gasteiger partial charge in [-0.05, 0) is 55.6 Å². The third kappa shape index (κ3) is 6.25. The number of benzene rings is 2. The van der Waals surface area contributed by atoms with Crippen molar-refractivity contribution in [3.8, 4) is 5.75 Å². The highest BCUT2D eigenvalue weighted by molar-refractivity contribution is 5.54. The number of nitrogen functional groups attached to an aromatic ring is 1. The highest BCUT2D eigenvalue weighted by Gasteiger charge is 2.05. The van der Waals surface area contributed by atoms with Crippen molar-refractivity contribution in [3.63, 3.8) is 0 Å². The molecule has 0 saturated carbocycles. The fraction of sp³-hybridized carbons (Fsp3) is 0.429. The Morgan fingerprint density at radius 2 is 1.79 bits per heavy atom. The van der Waals surface area contributed by atoms with Gasteiger partial charge in [0.05, 0.1) is 12.3 Å². The van der Waals surface area contributed by atoms with Crippen LogP contribution in [-0.4, -0.2) is 25.1 Å². The van der Waals surface area contributed by atoms with Crippen molar-refractivity contribution in [2.45, 2.75) is 33.2 Å². The summed E-state index contributed by atoms with van der Waals surface area (Å²) in [4.78, 5) is 2.36. The highest BCUT2D eigenvalue weighted by Crippen LogP contribution is 2.23. The number of rotatable bonds is 9. The normalized spacial score (nSPS) is 11.2. The lowest BCUT2D eigenvalue weighted by molar-refractivity contribution is 0.272. The van der Waals surface area contributed by atoms with Crippen LogP contribution in [0.4, 0.5) is 5.69 Å². The molecule has 2 aromatic carbocycles. The lowest BCUT2D eigenvalue weighted by Gasteiger charge is -2.17. The molecule has 0 aliphatic carbocycles. The molecule has 0 spiro atoms. The van der Waals surface area contributed by atoms with Gasteiger partial charge in [0.15, 0.2) is 0 Å². The summed E-state index contributed by atoms with van der Waals surface area (Å²) in [6, 6.07) is 16.8. The first kappa shape index (κ1) is 18.3. The molecule has 130 valence electrons. The molecule has 0 aromatic heterocycles. The standard InChI is InChI=1S/C21H30N2O/c1-17(2)16-24-21-12-11-18(14-20(21)22)10-7-13-23(3)15-19-8-5-4-6-9-19/h4-6,8-9,11-12,14,17H,7,10,13,15-16,22H2,1-3H3. The van der Waals surface area contributed by atoms with Crippen LogP contribution in [0.1, 0.15) is 31.4 Å². The van der Waals surface area contributed by atoms with Gasteiger partial charge in [-0.1, -0.05) is 50.2 Å². The minimum Gasteiger partial charge on any atom is -0.491 e. The van der Waals surface area contributed by atoms with Crippen LogP contribution in [0.2, 0.25) is 0 Å². The molecule has 0 amide bonds. The van der Waals surface area contributed by atoms with Gasteiger partial charge in [0.2, 0.25) is 0 Å². The molecule has 0 heterocycles. The maximum atomic E-state index is 6.11. The van der Waals surface area contributed by atoms with Gasteiger partial charge < -0.3 is 15.4 Å². The van der Waals surface area contributed by atoms with E-state index >= 15 is 0 Å². The first-order chi connectivity index (χ1) is 11.5. The summed E-state index contributed by atoms with van der Waals surface area (Å²) in [5.74, 6) is 1.30. The quantitative estimate of drug-likeness (QED) is 0.696. The van der Waals surface area contributed by atoms with Crippen molar-refractivity contribution in [3.05, 3.63) is 59.7 Å². The molecular weight excluding hydrogens is 296 g/mol. The van der Waals surface area contributed by atoms with Crippen molar-refractivity contribution in [1.82, 2.24) is 4.90 Å². The van der Waals surface area contributed by atoms with E-state index in [0.29, 0.717) is 12.5 Å². The minimum atomic E-state index is 0.504. The second-order valence-electron chi connectivity index (χ2n) is 6.90. The summed E-state index contributed by atoms with van der Waals surface area (Å²) in [6.45, 7) is 7.03. The Morgan fingerprint density at radius 1 is 1.04 bits per heavy atom. The predicted molar refractivity (Wildman–Crippen MR) is 102 cm³/mol. The summed E-state index contributed by atoms with van der Waals surface area (Å²) in [6.07, 6.45) is 2.16. The zero-order valence-corrected chi connectivity index (χ0v) is 15.2. The van der Waals surface area contributed by atoms with Gasteiger partial charge in [-0.15, -0.1) is 0 Å². The number of nitrogens with two attached hydrogens (primary N) is 1. The number of anilines is 1. The number of hydrogen-bond donors (Lipinski definition) is 1. The maximum Gasteiger partial charge on any atom is 0.142 e. The van der Waals surface area contributed by atoms with E-state index in [9.17, 15) is 0 Å². The Bertz CT molecular complexity index is 610. The lowest BCUT2D eigenvalue weighted by Crippen LogP contribution is -2.19. The van der Waals surface area contributed by atoms with Gasteiger partial charge in [0.1, 0.15) is 5.75 Å². The molecule has 0 saturated heterocycles. The molecule has 0 radical (unpaired) electrons. The van der Waals surface area contributed by atoms with Crippen molar-refractivity contribution in [1.29, 1.82) is 0 Å². The first-order valence-corrected chi connectivity index (χ1v) is 8.78. The van der Waals surface area contributed by atoms with Crippen LogP contribution < -0.4 is 10.5 Å². The highest BCUT2D eigenvalue weighted by atomic mass is 16.5. The van der Waals surface area contributed by atoms with Gasteiger partial charge >= 0.3 is 0 Å². The zero-order chi connectivity index (χ0) is 17.4. The molecule has 24 heavy (non-hydrogen) atoms. The van der Waals surface area contributed by atoms with E-state index in [-0.39, 0.29) is 0 Å². The Kier molecular flexibility index (Phi) is 7.13. The molecule has 0 unspecified atom stereocenters. The second-order valence-corrected chi connectivity index (χ2v) is 6.90. The Labute approximate surface area is 146 Å². The molecule has 2 rings (SSSR count). The molecule has 0 aliphatic rings. The molecular formula is C21H30N2O. The van der Waals surface area contributed by atoms with Crippen LogP contribution in [-0.2, 0) is 13.0 Å². The predicted octanol–water partition coefficient (Wildman–Crippen LogP) is 4.37. The van der Waals surface area contributed by atoms with Crippen molar-refractivity contribution in [2.75, 3.05) is 25.9 Å². The molecule has 2 N–H and O–H groups in total. The van der Waals surface area contributed by atoms with Gasteiger partial charge in [0, 0.05) is 6.54 Å². The summed E-state index contributed by atoms with van der Waals surface area (Å²) in [5.41, 5.74) is 9.48. The van der Waals surface area contributed by atoms with Gasteiger partial charge in [-0.2, -0.15) is 0 Å². The maximum absolute atomic E-state index is 6.11. The molecule has 2 aromatic rings. The largest absolute Gasteiger partial charge is 0.491 e. The van der Waals surface area contributed by atoms with Crippen LogP contribution in [0.25, 0.3) is 0 Å². The molecule has 0 atom stereocenters. The van der Waals surface area contributed by atoms with Crippen LogP contribution in [0.5, 0.6) is 5.75 Å². The van der Waals surface area contributed by atoms with Crippen LogP contribution in [0.3, 0.4) is 0 Å². The fourth-order valence-electron chi connectivity index (χ4n) is 2.67. The third-order valence-electron chi connectivity index (χ3n) is 3.95. The van der Waals surface area contributed by atoms with Crippen LogP contribution in [0.15, 0.2) is 48.5 Å². The monoisotopic (exact) mass is 326 g/mol. The van der Waals surface area contributed by atoms with Crippen molar-refractivity contribution in [2.24, 2.45) is 5.92 Å². The van der Waals surface area contributed by atoms with E-state index in [1.165, 1.54) is 11.1 Å². The van der Waals surface area contributed by atoms with E-state index in [1.807, 2.05) is 12.1 Å². The smallest absolute Gasteiger partial charge is 0.142 e. The average Bonchev–Trinajstić information content (AvgIpc) is 2.55. The number of ether oxygens (including phenoxy) is 1. The van der Waals surface area contributed by atoms with Gasteiger partial charge in [-0.3, -0.25) is 0 Å². The van der Waals surface area contributed by atoms with Crippen LogP contribution in [0, 0.1) is 5.92 Å². The average molecular weight is 326 g/mol. The van der Waals surface area contributed by atoms with Crippen molar-refractivity contribution < 1.29 is 4.74 Å². The second kappa shape index (κ2) is 9.33. The molecule has 0 fully saturated rings. The molecule has 0 bridgehead atoms. The third-order valence-corrected chi connectivity index (χ3v) is 3.95. The summed E-state index contributed by atoms with van der Waals surface area (Å²) in [7, 11) is 2.17. The molecule has 3 heteroatoms. The van der Waals surface area contributed by atoms with Crippen LogP contribution >= 0.6 is 0 Å². The fourth-order valence-corrected chi connectivity index (χ4v) is 2.67. The number of nitrogens with zero attached hydrogens (tertiary/aromatic N) is 1. The summed E-state index contributed by atoms with van der Waals surface area (Å²) < 4.78 is 5.73. The van der Waals surface area contributed by atoms with Gasteiger partial charge in [-0.25, -0.2) is 0 Å². The Hall–Kier alpha value is -2.00. The summed E-state index contributed by atoms with van der Waals surface area (Å²) in [5, 5.41) is 0. The van der Waals surface area contributed by atoms with E-state index in [0.717, 1.165) is 37.4 Å². The lowest BCUT2D eigenvalue weighted by atomic mass is 10.1.